The van der Waals surface area contributed by atoms with Crippen LogP contribution in [0.15, 0.2) is 46.1 Å². The second-order valence-corrected chi connectivity index (χ2v) is 6.57. The monoisotopic (exact) mass is 302 g/mol. The molecule has 5 nitrogen and oxygen atoms in total. The summed E-state index contributed by atoms with van der Waals surface area (Å²) in [5.41, 5.74) is 0.667. The molecule has 0 aliphatic carbocycles. The molecular weight excluding hydrogens is 280 g/mol. The summed E-state index contributed by atoms with van der Waals surface area (Å²) in [6, 6.07) is 9.95. The van der Waals surface area contributed by atoms with E-state index in [9.17, 15) is 9.59 Å². The first-order chi connectivity index (χ1) is 10.3. The third-order valence-corrected chi connectivity index (χ3v) is 3.31. The minimum Gasteiger partial charge on any atom is -0.369 e. The fourth-order valence-electron chi connectivity index (χ4n) is 2.23. The minimum atomic E-state index is -0.511. The van der Waals surface area contributed by atoms with E-state index in [0.29, 0.717) is 5.56 Å². The van der Waals surface area contributed by atoms with Crippen molar-refractivity contribution in [2.24, 2.45) is 5.41 Å². The molecule has 1 aromatic heterocycles. The Morgan fingerprint density at radius 3 is 2.41 bits per heavy atom. The molecule has 0 saturated carbocycles. The van der Waals surface area contributed by atoms with Gasteiger partial charge >= 0.3 is 5.69 Å². The quantitative estimate of drug-likeness (QED) is 0.891. The minimum absolute atomic E-state index is 0.0952. The molecule has 0 radical (unpaired) electrons. The number of nitrogens with one attached hydrogen (secondary N) is 2. The van der Waals surface area contributed by atoms with Crippen LogP contribution in [0.25, 0.3) is 0 Å². The Balaban J connectivity index is 2.16. The van der Waals surface area contributed by atoms with Gasteiger partial charge in [0.15, 0.2) is 0 Å². The molecule has 118 valence electrons. The maximum absolute atomic E-state index is 11.7. The maximum atomic E-state index is 11.7. The molecule has 0 fully saturated rings. The SMILES string of the molecule is CC(C)(C)CC(OCc1c[nH]c(=O)[nH]c1=O)c1ccccc1. The molecule has 0 spiro atoms. The second-order valence-electron chi connectivity index (χ2n) is 6.57. The molecular formula is C17H22N2O3. The summed E-state index contributed by atoms with van der Waals surface area (Å²) in [5, 5.41) is 0. The van der Waals surface area contributed by atoms with Crippen molar-refractivity contribution in [3.8, 4) is 0 Å². The Hall–Kier alpha value is -2.14. The van der Waals surface area contributed by atoms with Crippen LogP contribution < -0.4 is 11.2 Å². The van der Waals surface area contributed by atoms with Gasteiger partial charge in [-0.05, 0) is 17.4 Å². The number of rotatable bonds is 5. The average Bonchev–Trinajstić information content (AvgIpc) is 2.45. The molecule has 2 N–H and O–H groups in total. The van der Waals surface area contributed by atoms with Crippen LogP contribution in [0.5, 0.6) is 0 Å². The molecule has 2 rings (SSSR count). The molecule has 2 aromatic rings. The molecule has 22 heavy (non-hydrogen) atoms. The van der Waals surface area contributed by atoms with Crippen LogP contribution in [-0.2, 0) is 11.3 Å². The third-order valence-electron chi connectivity index (χ3n) is 3.31. The highest BCUT2D eigenvalue weighted by Gasteiger charge is 2.21. The zero-order valence-corrected chi connectivity index (χ0v) is 13.2. The van der Waals surface area contributed by atoms with E-state index in [1.807, 2.05) is 30.3 Å². The zero-order chi connectivity index (χ0) is 16.2. The number of hydrogen-bond donors (Lipinski definition) is 2. The van der Waals surface area contributed by atoms with Crippen molar-refractivity contribution < 1.29 is 4.74 Å². The topological polar surface area (TPSA) is 75.0 Å². The van der Waals surface area contributed by atoms with Gasteiger partial charge in [-0.25, -0.2) is 4.79 Å². The van der Waals surface area contributed by atoms with E-state index >= 15 is 0 Å². The number of benzene rings is 1. The Bertz CT molecular complexity index is 711. The molecule has 0 bridgehead atoms. The van der Waals surface area contributed by atoms with Crippen LogP contribution in [0, 0.1) is 5.41 Å². The molecule has 0 aliphatic rings. The van der Waals surface area contributed by atoms with Gasteiger partial charge in [-0.3, -0.25) is 9.78 Å². The van der Waals surface area contributed by atoms with Gasteiger partial charge < -0.3 is 9.72 Å². The lowest BCUT2D eigenvalue weighted by Crippen LogP contribution is -2.25. The number of aromatic nitrogens is 2. The van der Waals surface area contributed by atoms with Crippen molar-refractivity contribution in [2.45, 2.75) is 39.9 Å². The lowest BCUT2D eigenvalue weighted by Gasteiger charge is -2.26. The second kappa shape index (κ2) is 6.75. The Morgan fingerprint density at radius 1 is 1.14 bits per heavy atom. The Kier molecular flexibility index (Phi) is 4.98. The fourth-order valence-corrected chi connectivity index (χ4v) is 2.23. The molecule has 1 atom stereocenters. The van der Waals surface area contributed by atoms with Gasteiger partial charge in [-0.2, -0.15) is 0 Å². The number of aromatic amines is 2. The summed E-state index contributed by atoms with van der Waals surface area (Å²) >= 11 is 0. The first-order valence-electron chi connectivity index (χ1n) is 7.32. The highest BCUT2D eigenvalue weighted by Crippen LogP contribution is 2.32. The van der Waals surface area contributed by atoms with Gasteiger partial charge in [0.2, 0.25) is 0 Å². The molecule has 5 heteroatoms. The Labute approximate surface area is 129 Å². The first-order valence-corrected chi connectivity index (χ1v) is 7.32. The van der Waals surface area contributed by atoms with E-state index in [1.54, 1.807) is 0 Å². The molecule has 0 amide bonds. The highest BCUT2D eigenvalue weighted by molar-refractivity contribution is 5.18. The van der Waals surface area contributed by atoms with Crippen LogP contribution in [0.4, 0.5) is 0 Å². The van der Waals surface area contributed by atoms with Crippen LogP contribution >= 0.6 is 0 Å². The van der Waals surface area contributed by atoms with Gasteiger partial charge in [-0.1, -0.05) is 51.1 Å². The summed E-state index contributed by atoms with van der Waals surface area (Å²) in [4.78, 5) is 27.4. The summed E-state index contributed by atoms with van der Waals surface area (Å²) in [6.45, 7) is 6.61. The molecule has 0 aliphatic heterocycles. The van der Waals surface area contributed by atoms with E-state index in [4.69, 9.17) is 4.74 Å². The number of hydrogen-bond acceptors (Lipinski definition) is 3. The maximum Gasteiger partial charge on any atom is 0.325 e. The molecule has 1 aromatic carbocycles. The van der Waals surface area contributed by atoms with Crippen LogP contribution in [0.1, 0.15) is 44.4 Å². The lowest BCUT2D eigenvalue weighted by atomic mass is 9.87. The van der Waals surface area contributed by atoms with Crippen LogP contribution in [0.2, 0.25) is 0 Å². The van der Waals surface area contributed by atoms with E-state index < -0.39 is 11.2 Å². The van der Waals surface area contributed by atoms with Crippen molar-refractivity contribution in [3.05, 3.63) is 68.5 Å². The van der Waals surface area contributed by atoms with Gasteiger partial charge in [0.1, 0.15) is 0 Å². The zero-order valence-electron chi connectivity index (χ0n) is 13.2. The predicted molar refractivity (Wildman–Crippen MR) is 85.7 cm³/mol. The first kappa shape index (κ1) is 16.2. The largest absolute Gasteiger partial charge is 0.369 e. The van der Waals surface area contributed by atoms with Gasteiger partial charge in [0.25, 0.3) is 5.56 Å². The van der Waals surface area contributed by atoms with E-state index in [-0.39, 0.29) is 18.1 Å². The normalized spacial score (nSPS) is 13.0. The van der Waals surface area contributed by atoms with Crippen LogP contribution in [0.3, 0.4) is 0 Å². The Morgan fingerprint density at radius 2 is 1.82 bits per heavy atom. The predicted octanol–water partition coefficient (Wildman–Crippen LogP) is 2.76. The van der Waals surface area contributed by atoms with Crippen molar-refractivity contribution in [2.75, 3.05) is 0 Å². The van der Waals surface area contributed by atoms with Gasteiger partial charge in [-0.15, -0.1) is 0 Å². The smallest absolute Gasteiger partial charge is 0.325 e. The third kappa shape index (κ3) is 4.70. The summed E-state index contributed by atoms with van der Waals surface area (Å²) < 4.78 is 5.97. The number of H-pyrrole nitrogens is 2. The van der Waals surface area contributed by atoms with Gasteiger partial charge in [0, 0.05) is 6.20 Å². The summed E-state index contributed by atoms with van der Waals surface area (Å²) in [6.07, 6.45) is 2.13. The molecule has 0 saturated heterocycles. The summed E-state index contributed by atoms with van der Waals surface area (Å²) in [5.74, 6) is 0. The molecule has 1 heterocycles. The van der Waals surface area contributed by atoms with E-state index in [2.05, 4.69) is 30.7 Å². The highest BCUT2D eigenvalue weighted by atomic mass is 16.5. The fraction of sp³-hybridized carbons (Fsp3) is 0.412. The van der Waals surface area contributed by atoms with E-state index in [0.717, 1.165) is 12.0 Å². The van der Waals surface area contributed by atoms with Crippen molar-refractivity contribution in [1.82, 2.24) is 9.97 Å². The van der Waals surface area contributed by atoms with Crippen molar-refractivity contribution in [1.29, 1.82) is 0 Å². The van der Waals surface area contributed by atoms with E-state index in [1.165, 1.54) is 6.20 Å². The van der Waals surface area contributed by atoms with Crippen LogP contribution in [-0.4, -0.2) is 9.97 Å². The van der Waals surface area contributed by atoms with Crippen molar-refractivity contribution >= 4 is 0 Å². The lowest BCUT2D eigenvalue weighted by molar-refractivity contribution is 0.0123. The molecule has 1 unspecified atom stereocenters. The summed E-state index contributed by atoms with van der Waals surface area (Å²) in [7, 11) is 0. The van der Waals surface area contributed by atoms with Crippen molar-refractivity contribution in [3.63, 3.8) is 0 Å². The number of ether oxygens (including phenoxy) is 1. The standard InChI is InChI=1S/C17H22N2O3/c1-17(2,3)9-14(12-7-5-4-6-8-12)22-11-13-10-18-16(21)19-15(13)20/h4-8,10,14H,9,11H2,1-3H3,(H2,18,19,20,21). The van der Waals surface area contributed by atoms with Gasteiger partial charge in [0.05, 0.1) is 18.3 Å². The average molecular weight is 302 g/mol.